The molecule has 1 aliphatic heterocycles. The van der Waals surface area contributed by atoms with Crippen LogP contribution in [-0.2, 0) is 11.2 Å². The largest absolute Gasteiger partial charge is 0.459 e. The van der Waals surface area contributed by atoms with Crippen molar-refractivity contribution in [2.24, 2.45) is 0 Å². The first-order valence-corrected chi connectivity index (χ1v) is 8.80. The summed E-state index contributed by atoms with van der Waals surface area (Å²) in [6, 6.07) is 15.1. The van der Waals surface area contributed by atoms with Crippen LogP contribution in [0.1, 0.15) is 23.1 Å². The molecule has 3 heterocycles. The highest BCUT2D eigenvalue weighted by molar-refractivity contribution is 5.73. The van der Waals surface area contributed by atoms with E-state index in [4.69, 9.17) is 9.15 Å². The van der Waals surface area contributed by atoms with Gasteiger partial charge in [-0.25, -0.2) is 4.98 Å². The number of ether oxygens (including phenoxy) is 1. The Morgan fingerprint density at radius 3 is 2.44 bits per heavy atom. The number of hydrogen-bond acceptors (Lipinski definition) is 7. The molecule has 3 aromatic rings. The van der Waals surface area contributed by atoms with E-state index in [9.17, 15) is 20.4 Å². The van der Waals surface area contributed by atoms with Crippen molar-refractivity contribution in [1.82, 2.24) is 4.98 Å². The third-order valence-electron chi connectivity index (χ3n) is 4.85. The van der Waals surface area contributed by atoms with Crippen LogP contribution in [0.15, 0.2) is 52.9 Å². The number of furan rings is 1. The van der Waals surface area contributed by atoms with Crippen molar-refractivity contribution >= 4 is 11.1 Å². The molecular formula is C20H21NO6. The minimum atomic E-state index is -1.43. The fourth-order valence-electron chi connectivity index (χ4n) is 3.38. The van der Waals surface area contributed by atoms with E-state index in [1.165, 1.54) is 0 Å². The first-order valence-electron chi connectivity index (χ1n) is 8.80. The van der Waals surface area contributed by atoms with Crippen LogP contribution in [0.2, 0.25) is 0 Å². The van der Waals surface area contributed by atoms with Gasteiger partial charge in [-0.05, 0) is 17.7 Å². The summed E-state index contributed by atoms with van der Waals surface area (Å²) in [6.07, 6.45) is -5.48. The Morgan fingerprint density at radius 1 is 0.926 bits per heavy atom. The zero-order valence-corrected chi connectivity index (χ0v) is 14.5. The second-order valence-corrected chi connectivity index (χ2v) is 6.74. The van der Waals surface area contributed by atoms with Crippen LogP contribution in [0.4, 0.5) is 0 Å². The van der Waals surface area contributed by atoms with Crippen LogP contribution in [0.5, 0.6) is 0 Å². The van der Waals surface area contributed by atoms with Crippen molar-refractivity contribution in [3.8, 4) is 0 Å². The highest BCUT2D eigenvalue weighted by atomic mass is 16.5. The van der Waals surface area contributed by atoms with Crippen LogP contribution in [0.3, 0.4) is 0 Å². The topological polar surface area (TPSA) is 116 Å². The van der Waals surface area contributed by atoms with Gasteiger partial charge in [0.15, 0.2) is 5.58 Å². The molecule has 0 unspecified atom stereocenters. The van der Waals surface area contributed by atoms with Gasteiger partial charge in [-0.3, -0.25) is 0 Å². The molecule has 7 heteroatoms. The van der Waals surface area contributed by atoms with Gasteiger partial charge in [0.05, 0.1) is 12.3 Å². The lowest BCUT2D eigenvalue weighted by molar-refractivity contribution is -0.232. The predicted molar refractivity (Wildman–Crippen MR) is 96.0 cm³/mol. The first kappa shape index (κ1) is 18.1. The number of aliphatic hydroxyl groups is 4. The van der Waals surface area contributed by atoms with Crippen LogP contribution in [-0.4, -0.2) is 56.4 Å². The highest BCUT2D eigenvalue weighted by Gasteiger charge is 2.44. The van der Waals surface area contributed by atoms with E-state index in [1.54, 1.807) is 12.1 Å². The Labute approximate surface area is 155 Å². The monoisotopic (exact) mass is 371 g/mol. The minimum Gasteiger partial charge on any atom is -0.459 e. The second kappa shape index (κ2) is 7.38. The number of fused-ring (bicyclic) bond motifs is 1. The smallest absolute Gasteiger partial charge is 0.152 e. The Balaban J connectivity index is 1.61. The number of pyridine rings is 1. The molecule has 0 aliphatic carbocycles. The summed E-state index contributed by atoms with van der Waals surface area (Å²) in [5.74, 6) is 0.759. The van der Waals surface area contributed by atoms with Crippen LogP contribution in [0, 0.1) is 0 Å². The molecule has 0 saturated carbocycles. The molecule has 0 bridgehead atoms. The summed E-state index contributed by atoms with van der Waals surface area (Å²) in [5.41, 5.74) is 2.72. The summed E-state index contributed by atoms with van der Waals surface area (Å²) in [4.78, 5) is 4.49. The van der Waals surface area contributed by atoms with E-state index in [1.807, 2.05) is 36.4 Å². The number of aliphatic hydroxyl groups excluding tert-OH is 4. The van der Waals surface area contributed by atoms with Gasteiger partial charge in [-0.15, -0.1) is 0 Å². The number of nitrogens with zero attached hydrogens (tertiary/aromatic N) is 1. The van der Waals surface area contributed by atoms with E-state index in [-0.39, 0.29) is 0 Å². The SMILES string of the molecule is OC[C@H]1O[C@@H](c2ccc3oc(Cc4ccccc4)cc3n2)[C@H](O)[C@@H](O)[C@@H]1O. The second-order valence-electron chi connectivity index (χ2n) is 6.74. The predicted octanol–water partition coefficient (Wildman–Crippen LogP) is 0.933. The standard InChI is InChI=1S/C20H21NO6/c22-10-16-17(23)18(24)19(25)20(27-16)13-6-7-15-14(21-13)9-12(26-15)8-11-4-2-1-3-5-11/h1-7,9,16-20,22-25H,8,10H2/t16-,17-,18+,19-,20+/m1/s1. The highest BCUT2D eigenvalue weighted by Crippen LogP contribution is 2.32. The van der Waals surface area contributed by atoms with Crippen LogP contribution < -0.4 is 0 Å². The zero-order chi connectivity index (χ0) is 19.0. The lowest BCUT2D eigenvalue weighted by Crippen LogP contribution is -2.55. The summed E-state index contributed by atoms with van der Waals surface area (Å²) < 4.78 is 11.4. The maximum Gasteiger partial charge on any atom is 0.152 e. The molecule has 0 radical (unpaired) electrons. The lowest BCUT2D eigenvalue weighted by atomic mass is 9.93. The van der Waals surface area contributed by atoms with Crippen LogP contribution in [0.25, 0.3) is 11.1 Å². The van der Waals surface area contributed by atoms with Gasteiger partial charge in [-0.1, -0.05) is 30.3 Å². The van der Waals surface area contributed by atoms with Crippen molar-refractivity contribution < 1.29 is 29.6 Å². The number of benzene rings is 1. The average Bonchev–Trinajstić information content (AvgIpc) is 3.08. The quantitative estimate of drug-likeness (QED) is 0.539. The molecule has 2 aromatic heterocycles. The van der Waals surface area contributed by atoms with Gasteiger partial charge in [0.2, 0.25) is 0 Å². The van der Waals surface area contributed by atoms with Gasteiger partial charge < -0.3 is 29.6 Å². The molecule has 0 spiro atoms. The third-order valence-corrected chi connectivity index (χ3v) is 4.85. The van der Waals surface area contributed by atoms with Crippen molar-refractivity contribution in [2.75, 3.05) is 6.61 Å². The maximum absolute atomic E-state index is 10.3. The Hall–Kier alpha value is -2.29. The van der Waals surface area contributed by atoms with Crippen molar-refractivity contribution in [2.45, 2.75) is 36.9 Å². The molecule has 5 atom stereocenters. The first-order chi connectivity index (χ1) is 13.1. The van der Waals surface area contributed by atoms with Gasteiger partial charge in [-0.2, -0.15) is 0 Å². The molecule has 4 rings (SSSR count). The van der Waals surface area contributed by atoms with Crippen molar-refractivity contribution in [3.05, 3.63) is 65.5 Å². The zero-order valence-electron chi connectivity index (χ0n) is 14.5. The molecule has 142 valence electrons. The summed E-state index contributed by atoms with van der Waals surface area (Å²) in [6.45, 7) is -0.476. The van der Waals surface area contributed by atoms with Gasteiger partial charge in [0.1, 0.15) is 41.8 Å². The van der Waals surface area contributed by atoms with Gasteiger partial charge in [0.25, 0.3) is 0 Å². The lowest BCUT2D eigenvalue weighted by Gasteiger charge is -2.39. The molecule has 0 amide bonds. The number of aromatic nitrogens is 1. The molecular weight excluding hydrogens is 350 g/mol. The van der Waals surface area contributed by atoms with Crippen LogP contribution >= 0.6 is 0 Å². The molecule has 7 nitrogen and oxygen atoms in total. The Morgan fingerprint density at radius 2 is 1.70 bits per heavy atom. The normalized spacial score (nSPS) is 28.5. The maximum atomic E-state index is 10.3. The fraction of sp³-hybridized carbons (Fsp3) is 0.350. The molecule has 1 fully saturated rings. The summed E-state index contributed by atoms with van der Waals surface area (Å²) >= 11 is 0. The molecule has 1 saturated heterocycles. The van der Waals surface area contributed by atoms with E-state index in [0.29, 0.717) is 23.2 Å². The molecule has 27 heavy (non-hydrogen) atoms. The van der Waals surface area contributed by atoms with E-state index in [2.05, 4.69) is 4.98 Å². The number of hydrogen-bond donors (Lipinski definition) is 4. The van der Waals surface area contributed by atoms with E-state index >= 15 is 0 Å². The average molecular weight is 371 g/mol. The van der Waals surface area contributed by atoms with Gasteiger partial charge >= 0.3 is 0 Å². The summed E-state index contributed by atoms with van der Waals surface area (Å²) in [5, 5.41) is 39.5. The summed E-state index contributed by atoms with van der Waals surface area (Å²) in [7, 11) is 0. The molecule has 4 N–H and O–H groups in total. The minimum absolute atomic E-state index is 0.395. The van der Waals surface area contributed by atoms with Crippen molar-refractivity contribution in [1.29, 1.82) is 0 Å². The molecule has 1 aliphatic rings. The fourth-order valence-corrected chi connectivity index (χ4v) is 3.38. The number of rotatable bonds is 4. The molecule has 1 aromatic carbocycles. The van der Waals surface area contributed by atoms with Gasteiger partial charge in [0, 0.05) is 12.5 Å². The van der Waals surface area contributed by atoms with E-state index < -0.39 is 37.1 Å². The third kappa shape index (κ3) is 3.47. The Kier molecular flexibility index (Phi) is 4.94. The Bertz CT molecular complexity index is 909. The van der Waals surface area contributed by atoms with E-state index in [0.717, 1.165) is 11.3 Å². The van der Waals surface area contributed by atoms with Crippen molar-refractivity contribution in [3.63, 3.8) is 0 Å².